The lowest BCUT2D eigenvalue weighted by Gasteiger charge is -2.29. The minimum atomic E-state index is -0.967. The number of nitrogens with zero attached hydrogens (tertiary/aromatic N) is 1. The van der Waals surface area contributed by atoms with Crippen LogP contribution in [0.3, 0.4) is 0 Å². The standard InChI is InChI=1S/C27H30N2O6/c1-34-16-6-11-24(25(30)29-14-12-18(13-15-29)26(31)32)28-27(33)35-17-23-21-9-4-2-7-19(21)20-8-3-5-10-22(20)23/h2-5,7-10,12,23-24H,6,11,13-17H2,1H3,(H,28,33)(H,31,32). The summed E-state index contributed by atoms with van der Waals surface area (Å²) < 4.78 is 10.7. The summed E-state index contributed by atoms with van der Waals surface area (Å²) in [5.41, 5.74) is 4.81. The molecular formula is C27H30N2O6. The molecule has 0 bridgehead atoms. The van der Waals surface area contributed by atoms with Crippen LogP contribution in [0.2, 0.25) is 0 Å². The monoisotopic (exact) mass is 478 g/mol. The van der Waals surface area contributed by atoms with Crippen LogP contribution >= 0.6 is 0 Å². The molecule has 0 fully saturated rings. The van der Waals surface area contributed by atoms with Gasteiger partial charge in [-0.3, -0.25) is 4.79 Å². The van der Waals surface area contributed by atoms with E-state index in [1.54, 1.807) is 18.1 Å². The van der Waals surface area contributed by atoms with Gasteiger partial charge in [0.15, 0.2) is 0 Å². The summed E-state index contributed by atoms with van der Waals surface area (Å²) in [6.07, 6.45) is 2.14. The van der Waals surface area contributed by atoms with Crippen molar-refractivity contribution in [3.63, 3.8) is 0 Å². The fourth-order valence-electron chi connectivity index (χ4n) is 4.76. The van der Waals surface area contributed by atoms with E-state index in [4.69, 9.17) is 14.6 Å². The van der Waals surface area contributed by atoms with E-state index in [-0.39, 0.29) is 31.4 Å². The zero-order valence-corrected chi connectivity index (χ0v) is 19.7. The van der Waals surface area contributed by atoms with E-state index in [0.717, 1.165) is 22.3 Å². The fourth-order valence-corrected chi connectivity index (χ4v) is 4.76. The van der Waals surface area contributed by atoms with Crippen LogP contribution in [0.5, 0.6) is 0 Å². The highest BCUT2D eigenvalue weighted by Crippen LogP contribution is 2.44. The minimum Gasteiger partial charge on any atom is -0.478 e. The molecule has 1 atom stereocenters. The summed E-state index contributed by atoms with van der Waals surface area (Å²) in [5, 5.41) is 11.9. The van der Waals surface area contributed by atoms with E-state index >= 15 is 0 Å². The van der Waals surface area contributed by atoms with E-state index in [0.29, 0.717) is 31.6 Å². The van der Waals surface area contributed by atoms with Crippen LogP contribution in [-0.4, -0.2) is 67.4 Å². The number of carbonyl (C=O) groups is 3. The van der Waals surface area contributed by atoms with Crippen molar-refractivity contribution in [1.29, 1.82) is 0 Å². The molecule has 0 spiro atoms. The van der Waals surface area contributed by atoms with E-state index in [1.165, 1.54) is 0 Å². The normalized spacial score (nSPS) is 15.6. The number of carbonyl (C=O) groups excluding carboxylic acids is 2. The van der Waals surface area contributed by atoms with Gasteiger partial charge in [0.25, 0.3) is 0 Å². The maximum Gasteiger partial charge on any atom is 0.407 e. The van der Waals surface area contributed by atoms with Gasteiger partial charge < -0.3 is 24.8 Å². The second-order valence-corrected chi connectivity index (χ2v) is 8.73. The third-order valence-corrected chi connectivity index (χ3v) is 6.57. The number of aliphatic carboxylic acids is 1. The molecular weight excluding hydrogens is 448 g/mol. The maximum atomic E-state index is 13.1. The molecule has 1 aliphatic heterocycles. The molecule has 0 saturated carbocycles. The van der Waals surface area contributed by atoms with Crippen LogP contribution in [0.1, 0.15) is 36.3 Å². The molecule has 2 aliphatic rings. The van der Waals surface area contributed by atoms with Crippen LogP contribution in [0.4, 0.5) is 4.79 Å². The average molecular weight is 479 g/mol. The number of ether oxygens (including phenoxy) is 2. The summed E-state index contributed by atoms with van der Waals surface area (Å²) in [7, 11) is 1.58. The summed E-state index contributed by atoms with van der Waals surface area (Å²) in [5.74, 6) is -1.29. The molecule has 2 N–H and O–H groups in total. The molecule has 2 aromatic carbocycles. The predicted molar refractivity (Wildman–Crippen MR) is 130 cm³/mol. The first-order valence-electron chi connectivity index (χ1n) is 11.8. The van der Waals surface area contributed by atoms with Crippen molar-refractivity contribution < 1.29 is 29.0 Å². The predicted octanol–water partition coefficient (Wildman–Crippen LogP) is 3.56. The zero-order chi connectivity index (χ0) is 24.8. The number of hydrogen-bond donors (Lipinski definition) is 2. The van der Waals surface area contributed by atoms with Crippen LogP contribution < -0.4 is 5.32 Å². The number of carboxylic acid groups (broad SMARTS) is 1. The quantitative estimate of drug-likeness (QED) is 0.534. The molecule has 1 heterocycles. The number of alkyl carbamates (subject to hydrolysis) is 1. The Morgan fingerprint density at radius 2 is 1.74 bits per heavy atom. The number of fused-ring (bicyclic) bond motifs is 3. The van der Waals surface area contributed by atoms with Crippen molar-refractivity contribution >= 4 is 18.0 Å². The van der Waals surface area contributed by atoms with Gasteiger partial charge in [-0.2, -0.15) is 0 Å². The van der Waals surface area contributed by atoms with Gasteiger partial charge in [-0.05, 0) is 41.5 Å². The van der Waals surface area contributed by atoms with Gasteiger partial charge in [-0.25, -0.2) is 9.59 Å². The van der Waals surface area contributed by atoms with Crippen LogP contribution in [0, 0.1) is 0 Å². The van der Waals surface area contributed by atoms with Crippen molar-refractivity contribution in [3.05, 3.63) is 71.3 Å². The second kappa shape index (κ2) is 11.2. The van der Waals surface area contributed by atoms with Crippen LogP contribution in [0.25, 0.3) is 11.1 Å². The number of rotatable bonds is 9. The highest BCUT2D eigenvalue weighted by Gasteiger charge is 2.31. The SMILES string of the molecule is COCCCC(NC(=O)OCC1c2ccccc2-c2ccccc21)C(=O)N1CC=C(C(=O)O)CC1. The molecule has 184 valence electrons. The van der Waals surface area contributed by atoms with Crippen molar-refractivity contribution in [1.82, 2.24) is 10.2 Å². The van der Waals surface area contributed by atoms with Crippen LogP contribution in [-0.2, 0) is 19.1 Å². The van der Waals surface area contributed by atoms with Gasteiger partial charge in [0.2, 0.25) is 5.91 Å². The lowest BCUT2D eigenvalue weighted by molar-refractivity contribution is -0.136. The Balaban J connectivity index is 1.40. The highest BCUT2D eigenvalue weighted by molar-refractivity contribution is 5.89. The van der Waals surface area contributed by atoms with Gasteiger partial charge in [0, 0.05) is 38.3 Å². The number of benzene rings is 2. The number of amides is 2. The third-order valence-electron chi connectivity index (χ3n) is 6.57. The number of methoxy groups -OCH3 is 1. The molecule has 8 nitrogen and oxygen atoms in total. The number of carboxylic acids is 1. The lowest BCUT2D eigenvalue weighted by atomic mass is 9.98. The Kier molecular flexibility index (Phi) is 7.82. The first-order chi connectivity index (χ1) is 17.0. The lowest BCUT2D eigenvalue weighted by Crippen LogP contribution is -2.50. The second-order valence-electron chi connectivity index (χ2n) is 8.73. The number of nitrogens with one attached hydrogen (secondary N) is 1. The van der Waals surface area contributed by atoms with Gasteiger partial charge in [-0.15, -0.1) is 0 Å². The van der Waals surface area contributed by atoms with Crippen molar-refractivity contribution in [2.45, 2.75) is 31.2 Å². The Morgan fingerprint density at radius 3 is 2.31 bits per heavy atom. The van der Waals surface area contributed by atoms with Gasteiger partial charge in [0.1, 0.15) is 12.6 Å². The molecule has 1 aliphatic carbocycles. The minimum absolute atomic E-state index is 0.0718. The Morgan fingerprint density at radius 1 is 1.09 bits per heavy atom. The summed E-state index contributed by atoms with van der Waals surface area (Å²) in [6, 6.07) is 15.4. The summed E-state index contributed by atoms with van der Waals surface area (Å²) in [4.78, 5) is 38.6. The Hall–Kier alpha value is -3.65. The van der Waals surface area contributed by atoms with Gasteiger partial charge in [-0.1, -0.05) is 54.6 Å². The largest absolute Gasteiger partial charge is 0.478 e. The molecule has 4 rings (SSSR count). The van der Waals surface area contributed by atoms with E-state index in [2.05, 4.69) is 17.4 Å². The van der Waals surface area contributed by atoms with E-state index < -0.39 is 18.1 Å². The maximum absolute atomic E-state index is 13.1. The van der Waals surface area contributed by atoms with Crippen molar-refractivity contribution in [2.75, 3.05) is 33.4 Å². The fraction of sp³-hybridized carbons (Fsp3) is 0.370. The van der Waals surface area contributed by atoms with E-state index in [1.807, 2.05) is 36.4 Å². The average Bonchev–Trinajstić information content (AvgIpc) is 3.20. The van der Waals surface area contributed by atoms with Crippen LogP contribution in [0.15, 0.2) is 60.2 Å². The summed E-state index contributed by atoms with van der Waals surface area (Å²) >= 11 is 0. The molecule has 0 aromatic heterocycles. The first kappa shape index (κ1) is 24.5. The molecule has 1 unspecified atom stereocenters. The molecule has 35 heavy (non-hydrogen) atoms. The molecule has 0 radical (unpaired) electrons. The third kappa shape index (κ3) is 5.54. The van der Waals surface area contributed by atoms with Gasteiger partial charge >= 0.3 is 12.1 Å². The smallest absolute Gasteiger partial charge is 0.407 e. The zero-order valence-electron chi connectivity index (χ0n) is 19.7. The van der Waals surface area contributed by atoms with E-state index in [9.17, 15) is 14.4 Å². The van der Waals surface area contributed by atoms with Crippen molar-refractivity contribution in [3.8, 4) is 11.1 Å². The molecule has 8 heteroatoms. The molecule has 2 amide bonds. The topological polar surface area (TPSA) is 105 Å². The summed E-state index contributed by atoms with van der Waals surface area (Å²) in [6.45, 7) is 1.12. The highest BCUT2D eigenvalue weighted by atomic mass is 16.5. The first-order valence-corrected chi connectivity index (χ1v) is 11.8. The Bertz CT molecular complexity index is 1080. The number of hydrogen-bond acceptors (Lipinski definition) is 5. The molecule has 0 saturated heterocycles. The Labute approximate surface area is 204 Å². The van der Waals surface area contributed by atoms with Gasteiger partial charge in [0.05, 0.1) is 0 Å². The van der Waals surface area contributed by atoms with Crippen molar-refractivity contribution in [2.24, 2.45) is 0 Å². The molecule has 2 aromatic rings.